The molecule has 0 saturated heterocycles. The van der Waals surface area contributed by atoms with Gasteiger partial charge in [0, 0.05) is 6.54 Å². The van der Waals surface area contributed by atoms with Gasteiger partial charge in [-0.1, -0.05) is 0 Å². The average Bonchev–Trinajstić information content (AvgIpc) is 1.81. The molecule has 0 aliphatic carbocycles. The van der Waals surface area contributed by atoms with Gasteiger partial charge in [-0.2, -0.15) is 0 Å². The van der Waals surface area contributed by atoms with E-state index < -0.39 is 16.7 Å². The Morgan fingerprint density at radius 2 is 1.25 bits per heavy atom. The molecule has 0 aromatic carbocycles. The normalized spacial score (nSPS) is 15.0. The Hall–Kier alpha value is -0.160. The van der Waals surface area contributed by atoms with Crippen LogP contribution in [0.25, 0.3) is 0 Å². The van der Waals surface area contributed by atoms with Gasteiger partial charge in [0.15, 0.2) is 0 Å². The molecule has 4 nitrogen and oxygen atoms in total. The van der Waals surface area contributed by atoms with E-state index in [1.54, 1.807) is 0 Å². The first-order chi connectivity index (χ1) is 5.06. The van der Waals surface area contributed by atoms with E-state index in [0.29, 0.717) is 0 Å². The van der Waals surface area contributed by atoms with Gasteiger partial charge in [0.05, 0.1) is 16.7 Å². The van der Waals surface area contributed by atoms with E-state index in [9.17, 15) is 10.2 Å². The van der Waals surface area contributed by atoms with Crippen LogP contribution in [0.1, 0.15) is 27.7 Å². The molecule has 0 saturated carbocycles. The van der Waals surface area contributed by atoms with Gasteiger partial charge in [-0.05, 0) is 27.7 Å². The third kappa shape index (κ3) is 1.77. The van der Waals surface area contributed by atoms with Gasteiger partial charge in [-0.15, -0.1) is 0 Å². The van der Waals surface area contributed by atoms with Gasteiger partial charge in [0.2, 0.25) is 0 Å². The summed E-state index contributed by atoms with van der Waals surface area (Å²) in [6.45, 7) is 6.19. The van der Waals surface area contributed by atoms with Crippen molar-refractivity contribution in [1.82, 2.24) is 0 Å². The van der Waals surface area contributed by atoms with Crippen molar-refractivity contribution >= 4 is 0 Å². The highest BCUT2D eigenvalue weighted by molar-refractivity contribution is 5.09. The summed E-state index contributed by atoms with van der Waals surface area (Å²) in [5.74, 6) is 0. The first-order valence-electron chi connectivity index (χ1n) is 4.00. The molecule has 0 fully saturated rings. The van der Waals surface area contributed by atoms with E-state index >= 15 is 0 Å². The molecule has 0 heterocycles. The molecule has 0 spiro atoms. The molecule has 0 aliphatic heterocycles. The van der Waals surface area contributed by atoms with Crippen molar-refractivity contribution in [2.24, 2.45) is 11.5 Å². The maximum Gasteiger partial charge on any atom is 0.0850 e. The van der Waals surface area contributed by atoms with Crippen molar-refractivity contribution in [3.05, 3.63) is 0 Å². The van der Waals surface area contributed by atoms with Crippen LogP contribution >= 0.6 is 0 Å². The predicted octanol–water partition coefficient (Wildman–Crippen LogP) is -0.816. The summed E-state index contributed by atoms with van der Waals surface area (Å²) < 4.78 is 0. The number of hydrogen-bond donors (Lipinski definition) is 4. The molecule has 0 aliphatic rings. The van der Waals surface area contributed by atoms with E-state index in [1.165, 1.54) is 27.7 Å². The molecule has 0 radical (unpaired) electrons. The molecule has 12 heavy (non-hydrogen) atoms. The molecule has 6 N–H and O–H groups in total. The van der Waals surface area contributed by atoms with E-state index in [4.69, 9.17) is 11.5 Å². The zero-order valence-corrected chi connectivity index (χ0v) is 8.26. The quantitative estimate of drug-likeness (QED) is 0.452. The average molecular weight is 176 g/mol. The van der Waals surface area contributed by atoms with Crippen LogP contribution < -0.4 is 11.5 Å². The smallest absolute Gasteiger partial charge is 0.0850 e. The van der Waals surface area contributed by atoms with Crippen LogP contribution in [0.15, 0.2) is 0 Å². The fraction of sp³-hybridized carbons (Fsp3) is 1.00. The molecule has 0 aromatic heterocycles. The van der Waals surface area contributed by atoms with E-state index in [-0.39, 0.29) is 6.54 Å². The fourth-order valence-electron chi connectivity index (χ4n) is 1.25. The second-order valence-electron chi connectivity index (χ2n) is 4.29. The third-order valence-corrected chi connectivity index (χ3v) is 2.51. The summed E-state index contributed by atoms with van der Waals surface area (Å²) in [5, 5.41) is 19.4. The monoisotopic (exact) mass is 176 g/mol. The first kappa shape index (κ1) is 11.8. The van der Waals surface area contributed by atoms with Gasteiger partial charge >= 0.3 is 0 Å². The molecule has 74 valence electrons. The summed E-state index contributed by atoms with van der Waals surface area (Å²) in [5.41, 5.74) is 7.65. The molecule has 4 heteroatoms. The van der Waals surface area contributed by atoms with Crippen molar-refractivity contribution in [3.63, 3.8) is 0 Å². The standard InChI is InChI=1S/C8H20N2O2/c1-6(2,11)8(10,5-9)7(3,4)12/h11-12H,5,9-10H2,1-4H3. The van der Waals surface area contributed by atoms with E-state index in [0.717, 1.165) is 0 Å². The second-order valence-corrected chi connectivity index (χ2v) is 4.29. The lowest BCUT2D eigenvalue weighted by atomic mass is 9.72. The lowest BCUT2D eigenvalue weighted by Gasteiger charge is -2.47. The number of aliphatic hydroxyl groups is 2. The van der Waals surface area contributed by atoms with Gasteiger partial charge in [0.25, 0.3) is 0 Å². The highest BCUT2D eigenvalue weighted by Crippen LogP contribution is 2.29. The summed E-state index contributed by atoms with van der Waals surface area (Å²) >= 11 is 0. The van der Waals surface area contributed by atoms with Crippen LogP contribution in [-0.4, -0.2) is 33.5 Å². The van der Waals surface area contributed by atoms with Crippen molar-refractivity contribution in [3.8, 4) is 0 Å². The van der Waals surface area contributed by atoms with Crippen LogP contribution in [0, 0.1) is 0 Å². The minimum absolute atomic E-state index is 0.0278. The van der Waals surface area contributed by atoms with Crippen molar-refractivity contribution in [2.75, 3.05) is 6.54 Å². The molecule has 0 aromatic rings. The first-order valence-corrected chi connectivity index (χ1v) is 4.00. The predicted molar refractivity (Wildman–Crippen MR) is 48.6 cm³/mol. The maximum absolute atomic E-state index is 9.71. The van der Waals surface area contributed by atoms with Crippen molar-refractivity contribution < 1.29 is 10.2 Å². The molecule has 0 unspecified atom stereocenters. The highest BCUT2D eigenvalue weighted by Gasteiger charge is 2.50. The zero-order chi connectivity index (χ0) is 10.2. The van der Waals surface area contributed by atoms with Crippen LogP contribution in [0.3, 0.4) is 0 Å². The Kier molecular flexibility index (Phi) is 2.92. The molecular formula is C8H20N2O2. The summed E-state index contributed by atoms with van der Waals surface area (Å²) in [6, 6.07) is 0. The molecule has 0 bridgehead atoms. The minimum atomic E-state index is -1.21. The van der Waals surface area contributed by atoms with E-state index in [2.05, 4.69) is 0 Å². The fourth-order valence-corrected chi connectivity index (χ4v) is 1.25. The molecule has 0 amide bonds. The number of hydrogen-bond acceptors (Lipinski definition) is 4. The van der Waals surface area contributed by atoms with Crippen LogP contribution in [-0.2, 0) is 0 Å². The maximum atomic E-state index is 9.71. The number of rotatable bonds is 3. The van der Waals surface area contributed by atoms with E-state index in [1.807, 2.05) is 0 Å². The van der Waals surface area contributed by atoms with Crippen LogP contribution in [0.2, 0.25) is 0 Å². The minimum Gasteiger partial charge on any atom is -0.388 e. The Bertz CT molecular complexity index is 141. The van der Waals surface area contributed by atoms with Gasteiger partial charge in [0.1, 0.15) is 0 Å². The summed E-state index contributed by atoms with van der Waals surface area (Å²) in [4.78, 5) is 0. The summed E-state index contributed by atoms with van der Waals surface area (Å²) in [7, 11) is 0. The summed E-state index contributed by atoms with van der Waals surface area (Å²) in [6.07, 6.45) is 0. The van der Waals surface area contributed by atoms with Crippen molar-refractivity contribution in [2.45, 2.75) is 44.4 Å². The second kappa shape index (κ2) is 2.96. The Balaban J connectivity index is 4.95. The third-order valence-electron chi connectivity index (χ3n) is 2.51. The van der Waals surface area contributed by atoms with Crippen LogP contribution in [0.4, 0.5) is 0 Å². The highest BCUT2D eigenvalue weighted by atomic mass is 16.3. The van der Waals surface area contributed by atoms with Crippen molar-refractivity contribution in [1.29, 1.82) is 0 Å². The Morgan fingerprint density at radius 1 is 1.00 bits per heavy atom. The largest absolute Gasteiger partial charge is 0.388 e. The molecule has 0 atom stereocenters. The number of nitrogens with two attached hydrogens (primary N) is 2. The molecule has 0 rings (SSSR count). The van der Waals surface area contributed by atoms with Gasteiger partial charge in [-0.25, -0.2) is 0 Å². The molecular weight excluding hydrogens is 156 g/mol. The zero-order valence-electron chi connectivity index (χ0n) is 8.26. The van der Waals surface area contributed by atoms with Gasteiger partial charge < -0.3 is 21.7 Å². The lowest BCUT2D eigenvalue weighted by molar-refractivity contribution is -0.105. The lowest BCUT2D eigenvalue weighted by Crippen LogP contribution is -2.72. The Morgan fingerprint density at radius 3 is 1.25 bits per heavy atom. The van der Waals surface area contributed by atoms with Crippen LogP contribution in [0.5, 0.6) is 0 Å². The Labute approximate surface area is 73.6 Å². The SMILES string of the molecule is CC(C)(O)C(N)(CN)C(C)(C)O. The topological polar surface area (TPSA) is 92.5 Å². The van der Waals surface area contributed by atoms with Gasteiger partial charge in [-0.3, -0.25) is 0 Å².